The number of aryl methyl sites for hydroxylation is 3. The minimum absolute atomic E-state index is 0.274. The van der Waals surface area contributed by atoms with Crippen molar-refractivity contribution in [1.29, 1.82) is 0 Å². The topological polar surface area (TPSA) is 48.9 Å². The molecule has 1 aromatic carbocycles. The number of nitrogens with one attached hydrogen (secondary N) is 1. The van der Waals surface area contributed by atoms with E-state index < -0.39 is 0 Å². The van der Waals surface area contributed by atoms with E-state index in [2.05, 4.69) is 16.9 Å². The molecule has 1 heterocycles. The SMILES string of the molecule is CCc1nc(-c2ccc(C)cc2O)[nH]c1C. The number of rotatable bonds is 2. The molecule has 0 radical (unpaired) electrons. The van der Waals surface area contributed by atoms with Crippen LogP contribution in [0.25, 0.3) is 11.4 Å². The van der Waals surface area contributed by atoms with Gasteiger partial charge in [0.15, 0.2) is 0 Å². The zero-order valence-electron chi connectivity index (χ0n) is 9.83. The number of hydrogen-bond acceptors (Lipinski definition) is 2. The van der Waals surface area contributed by atoms with Crippen molar-refractivity contribution < 1.29 is 5.11 Å². The molecule has 84 valence electrons. The Morgan fingerprint density at radius 3 is 2.62 bits per heavy atom. The van der Waals surface area contributed by atoms with Gasteiger partial charge in [0, 0.05) is 5.69 Å². The lowest BCUT2D eigenvalue weighted by atomic mass is 10.1. The summed E-state index contributed by atoms with van der Waals surface area (Å²) in [6, 6.07) is 5.61. The van der Waals surface area contributed by atoms with Crippen molar-refractivity contribution in [1.82, 2.24) is 9.97 Å². The summed E-state index contributed by atoms with van der Waals surface area (Å²) in [6.45, 7) is 6.02. The van der Waals surface area contributed by atoms with Crippen molar-refractivity contribution in [3.05, 3.63) is 35.2 Å². The third kappa shape index (κ3) is 1.81. The molecular formula is C13H16N2O. The molecule has 0 unspecified atom stereocenters. The fourth-order valence-electron chi connectivity index (χ4n) is 1.81. The molecule has 0 fully saturated rings. The highest BCUT2D eigenvalue weighted by atomic mass is 16.3. The Kier molecular flexibility index (Phi) is 2.69. The predicted molar refractivity (Wildman–Crippen MR) is 64.5 cm³/mol. The van der Waals surface area contributed by atoms with Crippen LogP contribution in [0.5, 0.6) is 5.75 Å². The number of phenolic OH excluding ortho intramolecular Hbond substituents is 1. The molecule has 2 N–H and O–H groups in total. The summed E-state index contributed by atoms with van der Waals surface area (Å²) in [7, 11) is 0. The van der Waals surface area contributed by atoms with Crippen molar-refractivity contribution in [2.24, 2.45) is 0 Å². The standard InChI is InChI=1S/C13H16N2O/c1-4-11-9(3)14-13(15-11)10-6-5-8(2)7-12(10)16/h5-7,16H,4H2,1-3H3,(H,14,15). The van der Waals surface area contributed by atoms with Gasteiger partial charge in [-0.2, -0.15) is 0 Å². The van der Waals surface area contributed by atoms with Crippen molar-refractivity contribution in [2.75, 3.05) is 0 Å². The molecule has 0 bridgehead atoms. The van der Waals surface area contributed by atoms with Crippen molar-refractivity contribution >= 4 is 0 Å². The molecule has 0 aliphatic heterocycles. The summed E-state index contributed by atoms with van der Waals surface area (Å²) in [5.74, 6) is 1.02. The maximum atomic E-state index is 9.86. The maximum Gasteiger partial charge on any atom is 0.141 e. The average molecular weight is 216 g/mol. The number of aromatic amines is 1. The number of hydrogen-bond donors (Lipinski definition) is 2. The van der Waals surface area contributed by atoms with Gasteiger partial charge in [-0.25, -0.2) is 4.98 Å². The lowest BCUT2D eigenvalue weighted by molar-refractivity contribution is 0.476. The van der Waals surface area contributed by atoms with Crippen molar-refractivity contribution in [2.45, 2.75) is 27.2 Å². The van der Waals surface area contributed by atoms with E-state index in [-0.39, 0.29) is 5.75 Å². The average Bonchev–Trinajstić information content (AvgIpc) is 2.59. The first-order valence-electron chi connectivity index (χ1n) is 5.47. The molecule has 0 aliphatic carbocycles. The molecule has 3 nitrogen and oxygen atoms in total. The Hall–Kier alpha value is -1.77. The van der Waals surface area contributed by atoms with Gasteiger partial charge in [0.25, 0.3) is 0 Å². The van der Waals surface area contributed by atoms with E-state index in [0.717, 1.165) is 34.8 Å². The lowest BCUT2D eigenvalue weighted by Crippen LogP contribution is -1.84. The number of phenols is 1. The van der Waals surface area contributed by atoms with Crippen LogP contribution in [0.1, 0.15) is 23.9 Å². The summed E-state index contributed by atoms with van der Waals surface area (Å²) in [5.41, 5.74) is 3.92. The first kappa shape index (κ1) is 10.7. The Balaban J connectivity index is 2.50. The fraction of sp³-hybridized carbons (Fsp3) is 0.308. The molecular weight excluding hydrogens is 200 g/mol. The number of aromatic nitrogens is 2. The van der Waals surface area contributed by atoms with Crippen molar-refractivity contribution in [3.8, 4) is 17.1 Å². The first-order chi connectivity index (χ1) is 7.61. The zero-order chi connectivity index (χ0) is 11.7. The van der Waals surface area contributed by atoms with E-state index in [1.165, 1.54) is 0 Å². The summed E-state index contributed by atoms with van der Waals surface area (Å²) in [6.07, 6.45) is 0.898. The summed E-state index contributed by atoms with van der Waals surface area (Å²) in [5, 5.41) is 9.86. The van der Waals surface area contributed by atoms with Gasteiger partial charge in [0.05, 0.1) is 11.3 Å². The normalized spacial score (nSPS) is 10.7. The second-order valence-electron chi connectivity index (χ2n) is 4.03. The summed E-state index contributed by atoms with van der Waals surface area (Å²) < 4.78 is 0. The molecule has 0 aliphatic rings. The Morgan fingerprint density at radius 1 is 1.31 bits per heavy atom. The molecule has 2 aromatic rings. The third-order valence-corrected chi connectivity index (χ3v) is 2.73. The largest absolute Gasteiger partial charge is 0.507 e. The molecule has 0 amide bonds. The minimum atomic E-state index is 0.274. The Labute approximate surface area is 95.2 Å². The van der Waals surface area contributed by atoms with E-state index in [1.54, 1.807) is 6.07 Å². The second-order valence-corrected chi connectivity index (χ2v) is 4.03. The first-order valence-corrected chi connectivity index (χ1v) is 5.47. The molecule has 16 heavy (non-hydrogen) atoms. The van der Waals surface area contributed by atoms with Crippen LogP contribution >= 0.6 is 0 Å². The van der Waals surface area contributed by atoms with Crippen LogP contribution in [0.15, 0.2) is 18.2 Å². The predicted octanol–water partition coefficient (Wildman–Crippen LogP) is 2.96. The van der Waals surface area contributed by atoms with Crippen LogP contribution in [0.4, 0.5) is 0 Å². The summed E-state index contributed by atoms with van der Waals surface area (Å²) >= 11 is 0. The maximum absolute atomic E-state index is 9.86. The van der Waals surface area contributed by atoms with Crippen LogP contribution in [0, 0.1) is 13.8 Å². The number of benzene rings is 1. The minimum Gasteiger partial charge on any atom is -0.507 e. The van der Waals surface area contributed by atoms with Gasteiger partial charge in [-0.1, -0.05) is 13.0 Å². The van der Waals surface area contributed by atoms with Gasteiger partial charge in [-0.05, 0) is 38.0 Å². The smallest absolute Gasteiger partial charge is 0.141 e. The van der Waals surface area contributed by atoms with Crippen LogP contribution in [0.2, 0.25) is 0 Å². The number of imidazole rings is 1. The van der Waals surface area contributed by atoms with E-state index in [4.69, 9.17) is 0 Å². The molecule has 1 aromatic heterocycles. The van der Waals surface area contributed by atoms with Crippen LogP contribution < -0.4 is 0 Å². The fourth-order valence-corrected chi connectivity index (χ4v) is 1.81. The lowest BCUT2D eigenvalue weighted by Gasteiger charge is -2.01. The third-order valence-electron chi connectivity index (χ3n) is 2.73. The van der Waals surface area contributed by atoms with Crippen molar-refractivity contribution in [3.63, 3.8) is 0 Å². The number of H-pyrrole nitrogens is 1. The monoisotopic (exact) mass is 216 g/mol. The summed E-state index contributed by atoms with van der Waals surface area (Å²) in [4.78, 5) is 7.67. The number of nitrogens with zero attached hydrogens (tertiary/aromatic N) is 1. The highest BCUT2D eigenvalue weighted by molar-refractivity contribution is 5.64. The number of aromatic hydroxyl groups is 1. The molecule has 0 spiro atoms. The Bertz CT molecular complexity index is 515. The van der Waals surface area contributed by atoms with E-state index in [1.807, 2.05) is 26.0 Å². The molecule has 0 atom stereocenters. The van der Waals surface area contributed by atoms with Gasteiger partial charge in [0.1, 0.15) is 11.6 Å². The van der Waals surface area contributed by atoms with Gasteiger partial charge in [-0.3, -0.25) is 0 Å². The quantitative estimate of drug-likeness (QED) is 0.810. The van der Waals surface area contributed by atoms with E-state index >= 15 is 0 Å². The zero-order valence-corrected chi connectivity index (χ0v) is 9.83. The molecule has 3 heteroatoms. The second kappa shape index (κ2) is 4.00. The molecule has 0 saturated carbocycles. The van der Waals surface area contributed by atoms with Crippen LogP contribution in [-0.4, -0.2) is 15.1 Å². The molecule has 2 rings (SSSR count). The highest BCUT2D eigenvalue weighted by Crippen LogP contribution is 2.28. The van der Waals surface area contributed by atoms with Crippen LogP contribution in [-0.2, 0) is 6.42 Å². The van der Waals surface area contributed by atoms with Gasteiger partial charge < -0.3 is 10.1 Å². The van der Waals surface area contributed by atoms with E-state index in [0.29, 0.717) is 0 Å². The molecule has 0 saturated heterocycles. The van der Waals surface area contributed by atoms with Gasteiger partial charge in [-0.15, -0.1) is 0 Å². The highest BCUT2D eigenvalue weighted by Gasteiger charge is 2.10. The Morgan fingerprint density at radius 2 is 2.06 bits per heavy atom. The van der Waals surface area contributed by atoms with E-state index in [9.17, 15) is 5.11 Å². The van der Waals surface area contributed by atoms with Crippen LogP contribution in [0.3, 0.4) is 0 Å². The van der Waals surface area contributed by atoms with Gasteiger partial charge >= 0.3 is 0 Å². The van der Waals surface area contributed by atoms with Gasteiger partial charge in [0.2, 0.25) is 0 Å².